The Morgan fingerprint density at radius 2 is 1.86 bits per heavy atom. The fourth-order valence-corrected chi connectivity index (χ4v) is 6.79. The Morgan fingerprint density at radius 1 is 1.07 bits per heavy atom. The van der Waals surface area contributed by atoms with E-state index in [0.29, 0.717) is 24.0 Å². The third kappa shape index (κ3) is 4.32. The smallest absolute Gasteiger partial charge is 0.139 e. The number of carbonyl (C=O) groups is 1. The summed E-state index contributed by atoms with van der Waals surface area (Å²) in [6.07, 6.45) is 13.1. The summed E-state index contributed by atoms with van der Waals surface area (Å²) < 4.78 is 13.5. The maximum atomic E-state index is 13.5. The molecule has 0 radical (unpaired) electrons. The topological polar surface area (TPSA) is 17.1 Å². The van der Waals surface area contributed by atoms with Gasteiger partial charge >= 0.3 is 0 Å². The van der Waals surface area contributed by atoms with Gasteiger partial charge in [0.15, 0.2) is 0 Å². The van der Waals surface area contributed by atoms with Gasteiger partial charge in [0.05, 0.1) is 0 Å². The molecule has 0 spiro atoms. The van der Waals surface area contributed by atoms with Crippen LogP contribution in [0.5, 0.6) is 0 Å². The number of benzene rings is 1. The van der Waals surface area contributed by atoms with Gasteiger partial charge in [-0.05, 0) is 99.7 Å². The summed E-state index contributed by atoms with van der Waals surface area (Å²) in [6.45, 7) is 5.63. The Balaban J connectivity index is 1.34. The second-order valence-electron chi connectivity index (χ2n) is 11.0. The zero-order valence-electron chi connectivity index (χ0n) is 18.7. The molecule has 2 fully saturated rings. The van der Waals surface area contributed by atoms with Crippen molar-refractivity contribution in [2.75, 3.05) is 0 Å². The van der Waals surface area contributed by atoms with Crippen molar-refractivity contribution in [1.29, 1.82) is 0 Å². The molecule has 1 aromatic rings. The summed E-state index contributed by atoms with van der Waals surface area (Å²) in [5, 5.41) is 0. The van der Waals surface area contributed by atoms with Gasteiger partial charge in [0.25, 0.3) is 0 Å². The van der Waals surface area contributed by atoms with Crippen molar-refractivity contribution in [2.24, 2.45) is 17.3 Å². The molecule has 0 amide bonds. The second-order valence-corrected chi connectivity index (χ2v) is 11.0. The van der Waals surface area contributed by atoms with Crippen LogP contribution in [0, 0.1) is 17.3 Å². The molecule has 1 nitrogen and oxygen atoms in total. The summed E-state index contributed by atoms with van der Waals surface area (Å²) in [5.41, 5.74) is 3.62. The normalized spacial score (nSPS) is 31.3. The van der Waals surface area contributed by atoms with Crippen molar-refractivity contribution >= 4 is 5.78 Å². The fourth-order valence-electron chi connectivity index (χ4n) is 6.79. The summed E-state index contributed by atoms with van der Waals surface area (Å²) in [6, 6.07) is 7.26. The third-order valence-corrected chi connectivity index (χ3v) is 8.49. The van der Waals surface area contributed by atoms with Gasteiger partial charge in [0.2, 0.25) is 0 Å². The van der Waals surface area contributed by atoms with Crippen LogP contribution in [-0.2, 0) is 17.6 Å². The predicted molar refractivity (Wildman–Crippen MR) is 118 cm³/mol. The molecule has 3 aliphatic rings. The van der Waals surface area contributed by atoms with Crippen LogP contribution in [0.1, 0.15) is 108 Å². The molecule has 4 rings (SSSR count). The number of hydrogen-bond acceptors (Lipinski definition) is 1. The standard InChI is InChI=1S/C27H39FO/c1-26(2,28)16-7-5-4-6-8-19-9-11-21-20(18-19)10-12-23-22(21)15-17-27(3)24(23)13-14-25(27)29/h9,11,18,22-24H,4-8,10,12-17H2,1-3H3/t22-,23-,24+,27+/m1/s1. The molecule has 0 aliphatic heterocycles. The first-order valence-electron chi connectivity index (χ1n) is 12.1. The van der Waals surface area contributed by atoms with E-state index in [4.69, 9.17) is 0 Å². The molecule has 29 heavy (non-hydrogen) atoms. The number of Topliss-reactive ketones (excluding diaryl/α,β-unsaturated/α-hetero) is 1. The number of hydrogen-bond donors (Lipinski definition) is 0. The van der Waals surface area contributed by atoms with Crippen LogP contribution < -0.4 is 0 Å². The molecule has 2 saturated carbocycles. The molecule has 0 saturated heterocycles. The first-order valence-corrected chi connectivity index (χ1v) is 12.1. The molecular weight excluding hydrogens is 359 g/mol. The van der Waals surface area contributed by atoms with Crippen molar-refractivity contribution in [1.82, 2.24) is 0 Å². The highest BCUT2D eigenvalue weighted by Gasteiger charge is 2.54. The van der Waals surface area contributed by atoms with E-state index in [9.17, 15) is 9.18 Å². The average Bonchev–Trinajstić information content (AvgIpc) is 2.98. The highest BCUT2D eigenvalue weighted by atomic mass is 19.1. The van der Waals surface area contributed by atoms with E-state index in [0.717, 1.165) is 44.4 Å². The van der Waals surface area contributed by atoms with Gasteiger partial charge < -0.3 is 0 Å². The number of unbranched alkanes of at least 4 members (excludes halogenated alkanes) is 3. The van der Waals surface area contributed by atoms with Gasteiger partial charge in [-0.1, -0.05) is 44.4 Å². The predicted octanol–water partition coefficient (Wildman–Crippen LogP) is 7.35. The van der Waals surface area contributed by atoms with E-state index in [1.54, 1.807) is 25.0 Å². The fraction of sp³-hybridized carbons (Fsp3) is 0.741. The second kappa shape index (κ2) is 8.16. The number of rotatable bonds is 7. The molecule has 0 unspecified atom stereocenters. The van der Waals surface area contributed by atoms with E-state index in [-0.39, 0.29) is 5.41 Å². The molecule has 2 heteroatoms. The minimum Gasteiger partial charge on any atom is -0.299 e. The largest absolute Gasteiger partial charge is 0.299 e. The minimum atomic E-state index is -1.02. The zero-order valence-corrected chi connectivity index (χ0v) is 18.7. The van der Waals surface area contributed by atoms with E-state index >= 15 is 0 Å². The van der Waals surface area contributed by atoms with Crippen LogP contribution in [0.15, 0.2) is 18.2 Å². The summed E-state index contributed by atoms with van der Waals surface area (Å²) in [5.74, 6) is 2.56. The van der Waals surface area contributed by atoms with Crippen molar-refractivity contribution in [3.8, 4) is 0 Å². The van der Waals surface area contributed by atoms with Crippen molar-refractivity contribution in [3.05, 3.63) is 34.9 Å². The molecule has 1 aromatic carbocycles. The van der Waals surface area contributed by atoms with Crippen molar-refractivity contribution in [3.63, 3.8) is 0 Å². The van der Waals surface area contributed by atoms with Crippen LogP contribution in [0.2, 0.25) is 0 Å². The Labute approximate surface area is 176 Å². The van der Waals surface area contributed by atoms with Crippen LogP contribution >= 0.6 is 0 Å². The Bertz CT molecular complexity index is 745. The lowest BCUT2D eigenvalue weighted by Gasteiger charge is -2.48. The maximum Gasteiger partial charge on any atom is 0.139 e. The van der Waals surface area contributed by atoms with Gasteiger partial charge in [-0.15, -0.1) is 0 Å². The SMILES string of the molecule is CC(C)(F)CCCCCCc1ccc2c(c1)CC[C@@H]1[C@@H]2CC[C@]2(C)C(=O)CC[C@@H]12. The molecule has 0 N–H and O–H groups in total. The lowest BCUT2D eigenvalue weighted by molar-refractivity contribution is -0.129. The highest BCUT2D eigenvalue weighted by Crippen LogP contribution is 2.59. The quantitative estimate of drug-likeness (QED) is 0.439. The van der Waals surface area contributed by atoms with E-state index in [1.165, 1.54) is 37.7 Å². The van der Waals surface area contributed by atoms with Gasteiger partial charge in [-0.25, -0.2) is 4.39 Å². The van der Waals surface area contributed by atoms with E-state index in [1.807, 2.05) is 0 Å². The zero-order chi connectivity index (χ0) is 20.6. The first kappa shape index (κ1) is 21.1. The van der Waals surface area contributed by atoms with Gasteiger partial charge in [0.1, 0.15) is 11.5 Å². The lowest BCUT2D eigenvalue weighted by atomic mass is 9.55. The molecule has 0 bridgehead atoms. The van der Waals surface area contributed by atoms with Crippen LogP contribution in [0.3, 0.4) is 0 Å². The molecule has 4 atom stereocenters. The van der Waals surface area contributed by atoms with E-state index in [2.05, 4.69) is 25.1 Å². The average molecular weight is 399 g/mol. The monoisotopic (exact) mass is 398 g/mol. The van der Waals surface area contributed by atoms with Gasteiger partial charge in [-0.2, -0.15) is 0 Å². The van der Waals surface area contributed by atoms with Gasteiger partial charge in [0, 0.05) is 11.8 Å². The van der Waals surface area contributed by atoms with Gasteiger partial charge in [-0.3, -0.25) is 4.79 Å². The van der Waals surface area contributed by atoms with Crippen molar-refractivity contribution in [2.45, 2.75) is 109 Å². The molecule has 160 valence electrons. The number of fused-ring (bicyclic) bond motifs is 5. The number of halogens is 1. The Hall–Kier alpha value is -1.18. The molecule has 0 aromatic heterocycles. The van der Waals surface area contributed by atoms with Crippen LogP contribution in [-0.4, -0.2) is 11.5 Å². The lowest BCUT2D eigenvalue weighted by Crippen LogP contribution is -2.42. The number of carbonyl (C=O) groups excluding carboxylic acids is 1. The number of aryl methyl sites for hydroxylation is 2. The summed E-state index contributed by atoms with van der Waals surface area (Å²) >= 11 is 0. The maximum absolute atomic E-state index is 13.5. The molecular formula is C27H39FO. The Morgan fingerprint density at radius 3 is 2.66 bits per heavy atom. The van der Waals surface area contributed by atoms with Crippen molar-refractivity contribution < 1.29 is 9.18 Å². The Kier molecular flexibility index (Phi) is 5.93. The number of ketones is 1. The minimum absolute atomic E-state index is 0.0179. The molecule has 0 heterocycles. The first-order chi connectivity index (χ1) is 13.8. The van der Waals surface area contributed by atoms with E-state index < -0.39 is 5.67 Å². The highest BCUT2D eigenvalue weighted by molar-refractivity contribution is 5.87. The summed E-state index contributed by atoms with van der Waals surface area (Å²) in [4.78, 5) is 12.5. The van der Waals surface area contributed by atoms with Crippen LogP contribution in [0.4, 0.5) is 4.39 Å². The molecule has 3 aliphatic carbocycles. The number of alkyl halides is 1. The third-order valence-electron chi connectivity index (χ3n) is 8.49. The summed E-state index contributed by atoms with van der Waals surface area (Å²) in [7, 11) is 0. The van der Waals surface area contributed by atoms with Crippen LogP contribution in [0.25, 0.3) is 0 Å².